The summed E-state index contributed by atoms with van der Waals surface area (Å²) in [5.74, 6) is -1.49. The topological polar surface area (TPSA) is 93.8 Å². The zero-order chi connectivity index (χ0) is 14.7. The maximum absolute atomic E-state index is 11.5. The summed E-state index contributed by atoms with van der Waals surface area (Å²) in [5, 5.41) is 9.27. The van der Waals surface area contributed by atoms with E-state index in [0.29, 0.717) is 9.81 Å². The molecule has 0 unspecified atom stereocenters. The van der Waals surface area contributed by atoms with Crippen LogP contribution >= 0.6 is 22.6 Å². The lowest BCUT2D eigenvalue weighted by Crippen LogP contribution is -2.13. The molecule has 1 heterocycles. The highest BCUT2D eigenvalue weighted by Crippen LogP contribution is 2.21. The first-order valence-corrected chi connectivity index (χ1v) is 7.11. The predicted octanol–water partition coefficient (Wildman–Crippen LogP) is 2.22. The first-order valence-electron chi connectivity index (χ1n) is 5.59. The standard InChI is InChI=1S/C13H9IO6/c14-4-3-11(15)19-8-2-1-7-5-9(12(16)17)13(18)20-10(7)6-8/h1-2,5-6H,3-4H2,(H,16,17). The van der Waals surface area contributed by atoms with Gasteiger partial charge in [-0.3, -0.25) is 4.79 Å². The molecule has 0 amide bonds. The number of fused-ring (bicyclic) bond motifs is 1. The lowest BCUT2D eigenvalue weighted by atomic mass is 10.2. The number of benzene rings is 1. The van der Waals surface area contributed by atoms with Gasteiger partial charge in [-0.1, -0.05) is 22.6 Å². The molecule has 0 aliphatic carbocycles. The van der Waals surface area contributed by atoms with Crippen molar-refractivity contribution in [1.29, 1.82) is 0 Å². The molecular weight excluding hydrogens is 379 g/mol. The van der Waals surface area contributed by atoms with E-state index in [4.69, 9.17) is 14.3 Å². The summed E-state index contributed by atoms with van der Waals surface area (Å²) in [7, 11) is 0. The molecule has 0 aliphatic heterocycles. The van der Waals surface area contributed by atoms with E-state index in [-0.39, 0.29) is 23.7 Å². The average molecular weight is 388 g/mol. The van der Waals surface area contributed by atoms with Gasteiger partial charge in [0.25, 0.3) is 0 Å². The van der Waals surface area contributed by atoms with Gasteiger partial charge in [0.15, 0.2) is 0 Å². The maximum atomic E-state index is 11.5. The molecule has 1 N–H and O–H groups in total. The highest BCUT2D eigenvalue weighted by Gasteiger charge is 2.13. The highest BCUT2D eigenvalue weighted by atomic mass is 127. The van der Waals surface area contributed by atoms with E-state index in [9.17, 15) is 14.4 Å². The number of halogens is 1. The van der Waals surface area contributed by atoms with Crippen LogP contribution in [0.4, 0.5) is 0 Å². The van der Waals surface area contributed by atoms with Crippen LogP contribution in [0.25, 0.3) is 11.0 Å². The van der Waals surface area contributed by atoms with Crippen LogP contribution in [0.5, 0.6) is 5.75 Å². The van der Waals surface area contributed by atoms with Crippen LogP contribution < -0.4 is 10.4 Å². The Balaban J connectivity index is 2.40. The number of hydrogen-bond donors (Lipinski definition) is 1. The number of alkyl halides is 1. The Kier molecular flexibility index (Phi) is 4.38. The number of carboxylic acids is 1. The van der Waals surface area contributed by atoms with Gasteiger partial charge in [0.05, 0.1) is 6.42 Å². The smallest absolute Gasteiger partial charge is 0.351 e. The number of carboxylic acid groups (broad SMARTS) is 1. The summed E-state index contributed by atoms with van der Waals surface area (Å²) in [6.07, 6.45) is 0.278. The fourth-order valence-electron chi connectivity index (χ4n) is 1.56. The molecule has 104 valence electrons. The second kappa shape index (κ2) is 6.04. The van der Waals surface area contributed by atoms with Crippen molar-refractivity contribution in [1.82, 2.24) is 0 Å². The number of ether oxygens (including phenoxy) is 1. The highest BCUT2D eigenvalue weighted by molar-refractivity contribution is 14.1. The molecule has 2 rings (SSSR count). The molecule has 0 saturated carbocycles. The average Bonchev–Trinajstić information content (AvgIpc) is 2.37. The molecule has 0 saturated heterocycles. The molecule has 0 spiro atoms. The minimum atomic E-state index is -1.35. The first kappa shape index (κ1) is 14.5. The van der Waals surface area contributed by atoms with Crippen molar-refractivity contribution >= 4 is 45.5 Å². The minimum Gasteiger partial charge on any atom is -0.477 e. The quantitative estimate of drug-likeness (QED) is 0.284. The molecule has 7 heteroatoms. The van der Waals surface area contributed by atoms with E-state index in [0.717, 1.165) is 0 Å². The van der Waals surface area contributed by atoms with Gasteiger partial charge in [0, 0.05) is 15.9 Å². The summed E-state index contributed by atoms with van der Waals surface area (Å²) >= 11 is 2.06. The molecule has 0 radical (unpaired) electrons. The van der Waals surface area contributed by atoms with E-state index in [1.165, 1.54) is 24.3 Å². The van der Waals surface area contributed by atoms with Crippen LogP contribution in [0.2, 0.25) is 0 Å². The number of carbonyl (C=O) groups excluding carboxylic acids is 1. The van der Waals surface area contributed by atoms with Gasteiger partial charge in [-0.25, -0.2) is 9.59 Å². The van der Waals surface area contributed by atoms with Crippen LogP contribution in [-0.4, -0.2) is 21.5 Å². The van der Waals surface area contributed by atoms with E-state index in [2.05, 4.69) is 22.6 Å². The zero-order valence-corrected chi connectivity index (χ0v) is 12.2. The lowest BCUT2D eigenvalue weighted by Gasteiger charge is -2.04. The van der Waals surface area contributed by atoms with Crippen molar-refractivity contribution in [3.8, 4) is 5.75 Å². The molecule has 1 aromatic carbocycles. The van der Waals surface area contributed by atoms with Crippen molar-refractivity contribution in [3.63, 3.8) is 0 Å². The van der Waals surface area contributed by atoms with E-state index in [1.807, 2.05) is 0 Å². The van der Waals surface area contributed by atoms with Crippen LogP contribution in [0.3, 0.4) is 0 Å². The molecule has 0 bridgehead atoms. The monoisotopic (exact) mass is 388 g/mol. The number of aromatic carboxylic acids is 1. The van der Waals surface area contributed by atoms with Crippen LogP contribution in [-0.2, 0) is 4.79 Å². The Hall–Kier alpha value is -1.90. The SMILES string of the molecule is O=C(CCI)Oc1ccc2cc(C(=O)O)c(=O)oc2c1. The van der Waals surface area contributed by atoms with Gasteiger partial charge in [0.1, 0.15) is 16.9 Å². The zero-order valence-electron chi connectivity index (χ0n) is 10.1. The van der Waals surface area contributed by atoms with Crippen LogP contribution in [0.15, 0.2) is 33.5 Å². The van der Waals surface area contributed by atoms with Crippen molar-refractivity contribution < 1.29 is 23.8 Å². The Labute approximate surface area is 126 Å². The molecule has 1 aromatic heterocycles. The van der Waals surface area contributed by atoms with E-state index >= 15 is 0 Å². The fourth-order valence-corrected chi connectivity index (χ4v) is 2.00. The Morgan fingerprint density at radius 3 is 2.70 bits per heavy atom. The second-order valence-corrected chi connectivity index (χ2v) is 4.94. The van der Waals surface area contributed by atoms with Crippen molar-refractivity contribution in [2.45, 2.75) is 6.42 Å². The summed E-state index contributed by atoms with van der Waals surface area (Å²) < 4.78 is 10.6. The number of hydrogen-bond acceptors (Lipinski definition) is 5. The van der Waals surface area contributed by atoms with Crippen LogP contribution in [0.1, 0.15) is 16.8 Å². The van der Waals surface area contributed by atoms with E-state index in [1.54, 1.807) is 0 Å². The Morgan fingerprint density at radius 2 is 2.05 bits per heavy atom. The predicted molar refractivity (Wildman–Crippen MR) is 78.6 cm³/mol. The first-order chi connectivity index (χ1) is 9.51. The van der Waals surface area contributed by atoms with Gasteiger partial charge in [0.2, 0.25) is 0 Å². The van der Waals surface area contributed by atoms with Crippen molar-refractivity contribution in [2.75, 3.05) is 4.43 Å². The summed E-state index contributed by atoms with van der Waals surface area (Å²) in [4.78, 5) is 33.6. The maximum Gasteiger partial charge on any atom is 0.351 e. The minimum absolute atomic E-state index is 0.166. The van der Waals surface area contributed by atoms with Gasteiger partial charge < -0.3 is 14.3 Å². The van der Waals surface area contributed by atoms with Crippen molar-refractivity contribution in [3.05, 3.63) is 40.2 Å². The third-order valence-corrected chi connectivity index (χ3v) is 3.01. The van der Waals surface area contributed by atoms with Crippen LogP contribution in [0, 0.1) is 0 Å². The lowest BCUT2D eigenvalue weighted by molar-refractivity contribution is -0.133. The molecular formula is C13H9IO6. The molecule has 6 nitrogen and oxygen atoms in total. The largest absolute Gasteiger partial charge is 0.477 e. The third-order valence-electron chi connectivity index (χ3n) is 2.47. The van der Waals surface area contributed by atoms with Gasteiger partial charge in [-0.05, 0) is 18.2 Å². The summed E-state index contributed by atoms with van der Waals surface area (Å²) in [6, 6.07) is 5.64. The number of rotatable bonds is 4. The third kappa shape index (κ3) is 3.16. The number of carbonyl (C=O) groups is 2. The molecule has 0 aliphatic rings. The molecule has 20 heavy (non-hydrogen) atoms. The normalized spacial score (nSPS) is 10.4. The molecule has 0 atom stereocenters. The Bertz CT molecular complexity index is 733. The fraction of sp³-hybridized carbons (Fsp3) is 0.154. The number of esters is 1. The van der Waals surface area contributed by atoms with Gasteiger partial charge in [-0.15, -0.1) is 0 Å². The Morgan fingerprint density at radius 1 is 1.30 bits per heavy atom. The van der Waals surface area contributed by atoms with Crippen molar-refractivity contribution in [2.24, 2.45) is 0 Å². The molecule has 0 fully saturated rings. The molecule has 2 aromatic rings. The van der Waals surface area contributed by atoms with Gasteiger partial charge >= 0.3 is 17.6 Å². The van der Waals surface area contributed by atoms with Gasteiger partial charge in [-0.2, -0.15) is 0 Å². The van der Waals surface area contributed by atoms with E-state index < -0.39 is 17.2 Å². The summed E-state index contributed by atoms with van der Waals surface area (Å²) in [5.41, 5.74) is -1.22. The second-order valence-electron chi connectivity index (χ2n) is 3.87. The summed E-state index contributed by atoms with van der Waals surface area (Å²) in [6.45, 7) is 0.